The number of nitrogens with zero attached hydrogens (tertiary/aromatic N) is 1. The number of thiazole rings is 1. The van der Waals surface area contributed by atoms with Crippen molar-refractivity contribution in [3.8, 4) is 11.3 Å². The first kappa shape index (κ1) is 12.7. The number of hydrogen-bond acceptors (Lipinski definition) is 4. The molecule has 0 fully saturated rings. The first-order valence-corrected chi connectivity index (χ1v) is 7.29. The lowest BCUT2D eigenvalue weighted by atomic mass is 10.2. The number of hydrogen-bond donors (Lipinski definition) is 2. The maximum atomic E-state index is 4.56. The van der Waals surface area contributed by atoms with Crippen molar-refractivity contribution in [2.45, 2.75) is 6.92 Å². The molecule has 100 valence electrons. The highest BCUT2D eigenvalue weighted by Crippen LogP contribution is 2.24. The number of rotatable bonds is 4. The van der Waals surface area contributed by atoms with E-state index in [1.807, 2.05) is 30.3 Å². The molecule has 0 aliphatic rings. The Morgan fingerprint density at radius 1 is 0.900 bits per heavy atom. The van der Waals surface area contributed by atoms with Crippen molar-refractivity contribution < 1.29 is 0 Å². The summed E-state index contributed by atoms with van der Waals surface area (Å²) in [7, 11) is 0. The second-order valence-corrected chi connectivity index (χ2v) is 5.38. The molecule has 1 aromatic heterocycles. The Kier molecular flexibility index (Phi) is 3.65. The Morgan fingerprint density at radius 3 is 2.40 bits per heavy atom. The normalized spacial score (nSPS) is 10.2. The van der Waals surface area contributed by atoms with Gasteiger partial charge in [-0.1, -0.05) is 48.0 Å². The van der Waals surface area contributed by atoms with Gasteiger partial charge in [-0.05, 0) is 19.1 Å². The highest BCUT2D eigenvalue weighted by atomic mass is 32.1. The van der Waals surface area contributed by atoms with Gasteiger partial charge in [-0.3, -0.25) is 10.9 Å². The fraction of sp³-hybridized carbons (Fsp3) is 0.0625. The molecule has 0 aliphatic heterocycles. The molecule has 0 atom stereocenters. The molecule has 4 heteroatoms. The Labute approximate surface area is 122 Å². The third kappa shape index (κ3) is 2.97. The highest BCUT2D eigenvalue weighted by Gasteiger charge is 2.03. The Hall–Kier alpha value is -2.33. The van der Waals surface area contributed by atoms with E-state index in [-0.39, 0.29) is 0 Å². The van der Waals surface area contributed by atoms with E-state index in [0.29, 0.717) is 0 Å². The molecule has 0 aliphatic carbocycles. The van der Waals surface area contributed by atoms with E-state index in [2.05, 4.69) is 52.4 Å². The van der Waals surface area contributed by atoms with Crippen molar-refractivity contribution in [3.63, 3.8) is 0 Å². The molecule has 20 heavy (non-hydrogen) atoms. The first-order valence-electron chi connectivity index (χ1n) is 6.41. The van der Waals surface area contributed by atoms with Gasteiger partial charge in [0.1, 0.15) is 0 Å². The molecule has 3 aromatic rings. The van der Waals surface area contributed by atoms with Crippen LogP contribution in [0.2, 0.25) is 0 Å². The van der Waals surface area contributed by atoms with Crippen LogP contribution in [0.3, 0.4) is 0 Å². The molecule has 0 spiro atoms. The summed E-state index contributed by atoms with van der Waals surface area (Å²) < 4.78 is 0. The van der Waals surface area contributed by atoms with Gasteiger partial charge in [-0.2, -0.15) is 0 Å². The summed E-state index contributed by atoms with van der Waals surface area (Å²) in [6.45, 7) is 2.07. The van der Waals surface area contributed by atoms with Crippen LogP contribution in [-0.4, -0.2) is 4.98 Å². The van der Waals surface area contributed by atoms with E-state index in [1.165, 1.54) is 5.56 Å². The van der Waals surface area contributed by atoms with Crippen LogP contribution in [0.1, 0.15) is 5.56 Å². The van der Waals surface area contributed by atoms with Crippen molar-refractivity contribution in [3.05, 3.63) is 65.5 Å². The van der Waals surface area contributed by atoms with Crippen LogP contribution in [0, 0.1) is 6.92 Å². The van der Waals surface area contributed by atoms with Crippen LogP contribution in [-0.2, 0) is 0 Å². The third-order valence-corrected chi connectivity index (χ3v) is 3.70. The molecule has 0 radical (unpaired) electrons. The first-order chi connectivity index (χ1) is 9.81. The minimum atomic E-state index is 0.851. The topological polar surface area (TPSA) is 37.0 Å². The zero-order valence-corrected chi connectivity index (χ0v) is 11.9. The lowest BCUT2D eigenvalue weighted by Gasteiger charge is -2.06. The summed E-state index contributed by atoms with van der Waals surface area (Å²) in [5.41, 5.74) is 10.7. The average molecular weight is 281 g/mol. The molecule has 1 heterocycles. The monoisotopic (exact) mass is 281 g/mol. The number of benzene rings is 2. The smallest absolute Gasteiger partial charge is 0.202 e. The van der Waals surface area contributed by atoms with E-state index < -0.39 is 0 Å². The number of aromatic nitrogens is 1. The second kappa shape index (κ2) is 5.75. The van der Waals surface area contributed by atoms with Crippen molar-refractivity contribution in [1.29, 1.82) is 0 Å². The Morgan fingerprint density at radius 2 is 1.65 bits per heavy atom. The zero-order valence-electron chi connectivity index (χ0n) is 11.1. The quantitative estimate of drug-likeness (QED) is 0.688. The summed E-state index contributed by atoms with van der Waals surface area (Å²) in [6.07, 6.45) is 0. The van der Waals surface area contributed by atoms with Crippen molar-refractivity contribution in [2.24, 2.45) is 0 Å². The standard InChI is InChI=1S/C16H15N3S/c1-12-7-9-14(10-8-12)18-19-16-17-15(11-20-16)13-5-3-2-4-6-13/h2-11,18H,1H3,(H,17,19). The van der Waals surface area contributed by atoms with E-state index in [4.69, 9.17) is 0 Å². The van der Waals surface area contributed by atoms with Crippen LogP contribution in [0.5, 0.6) is 0 Å². The minimum Gasteiger partial charge on any atom is -0.299 e. The maximum absolute atomic E-state index is 4.56. The summed E-state index contributed by atoms with van der Waals surface area (Å²) in [5, 5.41) is 2.90. The number of aryl methyl sites for hydroxylation is 1. The van der Waals surface area contributed by atoms with Gasteiger partial charge in [-0.25, -0.2) is 4.98 Å². The van der Waals surface area contributed by atoms with Gasteiger partial charge in [0.05, 0.1) is 11.4 Å². The van der Waals surface area contributed by atoms with Crippen molar-refractivity contribution >= 4 is 22.2 Å². The Balaban J connectivity index is 1.67. The van der Waals surface area contributed by atoms with Gasteiger partial charge in [0.25, 0.3) is 0 Å². The molecule has 0 saturated carbocycles. The summed E-state index contributed by atoms with van der Waals surface area (Å²) in [5.74, 6) is 0. The van der Waals surface area contributed by atoms with Crippen LogP contribution < -0.4 is 10.9 Å². The second-order valence-electron chi connectivity index (χ2n) is 4.52. The lowest BCUT2D eigenvalue weighted by Crippen LogP contribution is -2.07. The number of nitrogens with one attached hydrogen (secondary N) is 2. The minimum absolute atomic E-state index is 0.851. The van der Waals surface area contributed by atoms with Crippen LogP contribution >= 0.6 is 11.3 Å². The van der Waals surface area contributed by atoms with Gasteiger partial charge in [-0.15, -0.1) is 11.3 Å². The Bertz CT molecular complexity index is 674. The lowest BCUT2D eigenvalue weighted by molar-refractivity contribution is 1.32. The predicted molar refractivity (Wildman–Crippen MR) is 86.0 cm³/mol. The average Bonchev–Trinajstić information content (AvgIpc) is 2.97. The van der Waals surface area contributed by atoms with Crippen LogP contribution in [0.25, 0.3) is 11.3 Å². The van der Waals surface area contributed by atoms with Gasteiger partial charge in [0, 0.05) is 10.9 Å². The largest absolute Gasteiger partial charge is 0.299 e. The fourth-order valence-corrected chi connectivity index (χ4v) is 2.51. The van der Waals surface area contributed by atoms with Gasteiger partial charge in [0.15, 0.2) is 0 Å². The summed E-state index contributed by atoms with van der Waals surface area (Å²) in [6, 6.07) is 18.4. The maximum Gasteiger partial charge on any atom is 0.202 e. The zero-order chi connectivity index (χ0) is 13.8. The predicted octanol–water partition coefficient (Wildman–Crippen LogP) is 4.56. The van der Waals surface area contributed by atoms with Gasteiger partial charge >= 0.3 is 0 Å². The molecular formula is C16H15N3S. The van der Waals surface area contributed by atoms with E-state index in [1.54, 1.807) is 11.3 Å². The third-order valence-electron chi connectivity index (χ3n) is 2.94. The van der Waals surface area contributed by atoms with Gasteiger partial charge in [0.2, 0.25) is 5.13 Å². The van der Waals surface area contributed by atoms with E-state index in [0.717, 1.165) is 22.1 Å². The van der Waals surface area contributed by atoms with Crippen molar-refractivity contribution in [1.82, 2.24) is 4.98 Å². The van der Waals surface area contributed by atoms with Crippen LogP contribution in [0.15, 0.2) is 60.0 Å². The summed E-state index contributed by atoms with van der Waals surface area (Å²) in [4.78, 5) is 4.56. The molecule has 0 saturated heterocycles. The molecule has 2 aromatic carbocycles. The molecule has 3 nitrogen and oxygen atoms in total. The SMILES string of the molecule is Cc1ccc(NNc2nc(-c3ccccc3)cs2)cc1. The molecule has 0 amide bonds. The molecule has 0 bridgehead atoms. The van der Waals surface area contributed by atoms with E-state index >= 15 is 0 Å². The molecule has 0 unspecified atom stereocenters. The number of hydrazine groups is 1. The van der Waals surface area contributed by atoms with Crippen molar-refractivity contribution in [2.75, 3.05) is 10.9 Å². The van der Waals surface area contributed by atoms with Gasteiger partial charge < -0.3 is 0 Å². The van der Waals surface area contributed by atoms with Crippen LogP contribution in [0.4, 0.5) is 10.8 Å². The summed E-state index contributed by atoms with van der Waals surface area (Å²) >= 11 is 1.58. The molecule has 3 rings (SSSR count). The fourth-order valence-electron chi connectivity index (χ4n) is 1.84. The van der Waals surface area contributed by atoms with E-state index in [9.17, 15) is 0 Å². The molecule has 2 N–H and O–H groups in total. The highest BCUT2D eigenvalue weighted by molar-refractivity contribution is 7.14. The molecular weight excluding hydrogens is 266 g/mol. The number of anilines is 2.